The van der Waals surface area contributed by atoms with Crippen molar-refractivity contribution in [2.45, 2.75) is 116 Å². The molecule has 0 amide bonds. The maximum atomic E-state index is 8.03. The van der Waals surface area contributed by atoms with Crippen LogP contribution in [0.4, 0.5) is 0 Å². The van der Waals surface area contributed by atoms with E-state index < -0.39 is 11.6 Å². The van der Waals surface area contributed by atoms with Gasteiger partial charge < -0.3 is 18.9 Å². The number of hydrogen-bond donors (Lipinski definition) is 0. The van der Waals surface area contributed by atoms with Gasteiger partial charge in [0.05, 0.1) is 0 Å². The molecule has 332 valence electrons. The monoisotopic (exact) mass is 868 g/mol. The normalized spacial score (nSPS) is 14.6. The van der Waals surface area contributed by atoms with Crippen molar-refractivity contribution >= 4 is 86.2 Å². The molecular weight excluding hydrogens is 809 g/mol. The van der Waals surface area contributed by atoms with Crippen LogP contribution < -0.4 is 18.9 Å². The highest BCUT2D eigenvalue weighted by Gasteiger charge is 2.41. The second kappa shape index (κ2) is 17.4. The first-order valence-electron chi connectivity index (χ1n) is 24.8. The number of ether oxygens (including phenoxy) is 4. The molecule has 0 radical (unpaired) electrons. The lowest BCUT2D eigenvalue weighted by atomic mass is 9.93. The third-order valence-electron chi connectivity index (χ3n) is 14.3. The zero-order valence-corrected chi connectivity index (χ0v) is 39.0. The summed E-state index contributed by atoms with van der Waals surface area (Å²) in [4.78, 5) is 0. The second-order valence-electron chi connectivity index (χ2n) is 18.9. The highest BCUT2D eigenvalue weighted by Crippen LogP contribution is 2.53. The fourth-order valence-corrected chi connectivity index (χ4v) is 10.7. The van der Waals surface area contributed by atoms with Crippen LogP contribution in [0.15, 0.2) is 146 Å². The van der Waals surface area contributed by atoms with Crippen molar-refractivity contribution < 1.29 is 18.9 Å². The zero-order valence-electron chi connectivity index (χ0n) is 39.0. The fourth-order valence-electron chi connectivity index (χ4n) is 10.7. The first kappa shape index (κ1) is 42.1. The molecule has 1 aliphatic rings. The van der Waals surface area contributed by atoms with Crippen LogP contribution in [0.5, 0.6) is 23.0 Å². The van der Waals surface area contributed by atoms with Gasteiger partial charge in [-0.3, -0.25) is 0 Å². The van der Waals surface area contributed by atoms with Gasteiger partial charge in [0.1, 0.15) is 23.0 Å². The molecule has 0 spiro atoms. The van der Waals surface area contributed by atoms with Gasteiger partial charge in [-0.05, 0) is 117 Å². The molecule has 10 aromatic rings. The molecule has 0 saturated carbocycles. The van der Waals surface area contributed by atoms with Crippen LogP contribution in [0.2, 0.25) is 0 Å². The van der Waals surface area contributed by atoms with Crippen molar-refractivity contribution in [3.05, 3.63) is 146 Å². The van der Waals surface area contributed by atoms with Gasteiger partial charge in [-0.1, -0.05) is 150 Å². The molecule has 11 rings (SSSR count). The van der Waals surface area contributed by atoms with Gasteiger partial charge in [0.2, 0.25) is 0 Å². The maximum Gasteiger partial charge on any atom is 0.251 e. The Morgan fingerprint density at radius 3 is 0.591 bits per heavy atom. The van der Waals surface area contributed by atoms with Gasteiger partial charge in [-0.15, -0.1) is 0 Å². The van der Waals surface area contributed by atoms with E-state index in [1.54, 1.807) is 0 Å². The molecule has 0 unspecified atom stereocenters. The Hall–Kier alpha value is -6.52. The summed E-state index contributed by atoms with van der Waals surface area (Å²) >= 11 is 0. The minimum absolute atomic E-state index is 0.714. The predicted molar refractivity (Wildman–Crippen MR) is 279 cm³/mol. The summed E-state index contributed by atoms with van der Waals surface area (Å²) in [6.07, 6.45) is 10.6. The van der Waals surface area contributed by atoms with E-state index in [0.29, 0.717) is 25.7 Å². The van der Waals surface area contributed by atoms with Crippen LogP contribution in [0.3, 0.4) is 0 Å². The highest BCUT2D eigenvalue weighted by atomic mass is 16.7. The van der Waals surface area contributed by atoms with Gasteiger partial charge in [0, 0.05) is 68.8 Å². The molecule has 66 heavy (non-hydrogen) atoms. The predicted octanol–water partition coefficient (Wildman–Crippen LogP) is 18.3. The Bertz CT molecular complexity index is 2810. The lowest BCUT2D eigenvalue weighted by Gasteiger charge is -2.40. The molecule has 4 heteroatoms. The smallest absolute Gasteiger partial charge is 0.251 e. The standard InChI is InChI=1S/C62H60O4/c1-5-9-29-61(30-10-6-2)63-57-49-33-41-21-13-17-25-45(41)37-53(49)59(54-38-46-26-18-14-22-42(46)34-50(54)57)65-62(31-11-7-3,32-12-8-4)66-60-55-39-47-27-19-15-23-43(47)35-51(55)58(64-61)52-36-44-24-16-20-28-48(44)40-56(52)60/h13-28,33-40H,5-12,29-32H2,1-4H3. The molecule has 0 fully saturated rings. The molecule has 0 aromatic heterocycles. The first-order chi connectivity index (χ1) is 32.4. The third kappa shape index (κ3) is 7.39. The molecule has 1 aliphatic heterocycles. The van der Waals surface area contributed by atoms with E-state index in [-0.39, 0.29) is 0 Å². The summed E-state index contributed by atoms with van der Waals surface area (Å²) < 4.78 is 32.1. The van der Waals surface area contributed by atoms with E-state index in [4.69, 9.17) is 18.9 Å². The molecule has 1 heterocycles. The molecule has 4 bridgehead atoms. The molecule has 10 aromatic carbocycles. The molecule has 0 saturated heterocycles. The molecule has 0 N–H and O–H groups in total. The van der Waals surface area contributed by atoms with Crippen molar-refractivity contribution in [3.63, 3.8) is 0 Å². The Labute approximate surface area is 388 Å². The Morgan fingerprint density at radius 2 is 0.439 bits per heavy atom. The van der Waals surface area contributed by atoms with Crippen molar-refractivity contribution in [1.82, 2.24) is 0 Å². The summed E-state index contributed by atoms with van der Waals surface area (Å²) in [6.45, 7) is 9.07. The van der Waals surface area contributed by atoms with Crippen molar-refractivity contribution in [1.29, 1.82) is 0 Å². The van der Waals surface area contributed by atoms with Gasteiger partial charge >= 0.3 is 0 Å². The topological polar surface area (TPSA) is 36.9 Å². The average Bonchev–Trinajstić information content (AvgIpc) is 3.35. The SMILES string of the molecule is CCCCC1(CCCC)Oc2c3cc4ccccc4cc3c(c3cc4ccccc4cc23)OC(CCCC)(CCCC)Oc2c3cc4ccccc4cc3c(c3cc4ccccc4cc23)O1. The number of rotatable bonds is 12. The van der Waals surface area contributed by atoms with Crippen LogP contribution in [-0.4, -0.2) is 11.6 Å². The molecule has 0 aliphatic carbocycles. The molecule has 0 atom stereocenters. The minimum atomic E-state index is -1.03. The Balaban J connectivity index is 1.35. The summed E-state index contributed by atoms with van der Waals surface area (Å²) in [6, 6.07) is 53.4. The maximum absolute atomic E-state index is 8.03. The lowest BCUT2D eigenvalue weighted by Crippen LogP contribution is -2.44. The van der Waals surface area contributed by atoms with E-state index in [9.17, 15) is 0 Å². The number of unbranched alkanes of at least 4 members (excludes halogenated alkanes) is 4. The van der Waals surface area contributed by atoms with E-state index >= 15 is 0 Å². The van der Waals surface area contributed by atoms with E-state index in [2.05, 4.69) is 173 Å². The Morgan fingerprint density at radius 1 is 0.273 bits per heavy atom. The van der Waals surface area contributed by atoms with Crippen LogP contribution in [-0.2, 0) is 0 Å². The summed E-state index contributed by atoms with van der Waals surface area (Å²) in [5.74, 6) is 1.29. The molecular formula is C62H60O4. The third-order valence-corrected chi connectivity index (χ3v) is 14.3. The first-order valence-corrected chi connectivity index (χ1v) is 24.8. The summed E-state index contributed by atoms with van der Waals surface area (Å²) in [5.41, 5.74) is 0. The number of fused-ring (bicyclic) bond motifs is 10. The van der Waals surface area contributed by atoms with Gasteiger partial charge in [0.15, 0.2) is 0 Å². The van der Waals surface area contributed by atoms with Crippen molar-refractivity contribution in [3.8, 4) is 23.0 Å². The van der Waals surface area contributed by atoms with Crippen molar-refractivity contribution in [2.75, 3.05) is 0 Å². The number of benzene rings is 10. The van der Waals surface area contributed by atoms with E-state index in [1.807, 2.05) is 0 Å². The molecule has 4 nitrogen and oxygen atoms in total. The lowest BCUT2D eigenvalue weighted by molar-refractivity contribution is -0.127. The number of hydrogen-bond acceptors (Lipinski definition) is 4. The van der Waals surface area contributed by atoms with Gasteiger partial charge in [-0.25, -0.2) is 0 Å². The summed E-state index contributed by atoms with van der Waals surface area (Å²) in [7, 11) is 0. The van der Waals surface area contributed by atoms with Crippen molar-refractivity contribution in [2.24, 2.45) is 0 Å². The van der Waals surface area contributed by atoms with Gasteiger partial charge in [0.25, 0.3) is 11.6 Å². The van der Waals surface area contributed by atoms with Gasteiger partial charge in [-0.2, -0.15) is 0 Å². The van der Waals surface area contributed by atoms with Crippen LogP contribution >= 0.6 is 0 Å². The van der Waals surface area contributed by atoms with Crippen LogP contribution in [0.1, 0.15) is 105 Å². The van der Waals surface area contributed by atoms with Crippen LogP contribution in [0, 0.1) is 0 Å². The fraction of sp³-hybridized carbons (Fsp3) is 0.290. The van der Waals surface area contributed by atoms with Crippen LogP contribution in [0.25, 0.3) is 86.2 Å². The quantitative estimate of drug-likeness (QED) is 0.115. The largest absolute Gasteiger partial charge is 0.451 e. The van der Waals surface area contributed by atoms with E-state index in [1.165, 1.54) is 0 Å². The second-order valence-corrected chi connectivity index (χ2v) is 18.9. The Kier molecular flexibility index (Phi) is 11.1. The average molecular weight is 869 g/mol. The van der Waals surface area contributed by atoms with E-state index in [0.717, 1.165) is 161 Å². The summed E-state index contributed by atoms with van der Waals surface area (Å²) in [5, 5.41) is 17.4. The zero-order chi connectivity index (χ0) is 44.8. The minimum Gasteiger partial charge on any atom is -0.451 e. The highest BCUT2D eigenvalue weighted by molar-refractivity contribution is 6.19.